The van der Waals surface area contributed by atoms with Gasteiger partial charge >= 0.3 is 0 Å². The summed E-state index contributed by atoms with van der Waals surface area (Å²) in [4.78, 5) is 10.8. The van der Waals surface area contributed by atoms with Crippen molar-refractivity contribution in [2.45, 2.75) is 38.5 Å². The quantitative estimate of drug-likeness (QED) is 0.883. The zero-order chi connectivity index (χ0) is 13.7. The van der Waals surface area contributed by atoms with Crippen molar-refractivity contribution >= 4 is 12.0 Å². The fourth-order valence-corrected chi connectivity index (χ4v) is 2.51. The molecule has 19 heavy (non-hydrogen) atoms. The number of allylic oxidation sites excluding steroid dienone is 1. The highest BCUT2D eigenvalue weighted by molar-refractivity contribution is 5.74. The summed E-state index contributed by atoms with van der Waals surface area (Å²) in [5.74, 6) is 0.633. The Morgan fingerprint density at radius 3 is 2.74 bits per heavy atom. The minimum Gasteiger partial charge on any atom is -0.496 e. The molecule has 1 aliphatic rings. The lowest BCUT2D eigenvalue weighted by atomic mass is 10.0. The van der Waals surface area contributed by atoms with Gasteiger partial charge in [-0.1, -0.05) is 17.7 Å². The minimum atomic E-state index is -0.258. The van der Waals surface area contributed by atoms with Crippen LogP contribution in [0.4, 0.5) is 0 Å². The van der Waals surface area contributed by atoms with E-state index in [9.17, 15) is 4.79 Å². The first kappa shape index (κ1) is 13.7. The fraction of sp³-hybridized carbons (Fsp3) is 0.438. The highest BCUT2D eigenvalue weighted by atomic mass is 16.5. The molecule has 0 radical (unpaired) electrons. The van der Waals surface area contributed by atoms with Crippen LogP contribution >= 0.6 is 0 Å². The Bertz CT molecular complexity index is 484. The number of hydrogen-bond donors (Lipinski definition) is 1. The Hall–Kier alpha value is -1.77. The van der Waals surface area contributed by atoms with Gasteiger partial charge in [0.1, 0.15) is 5.75 Å². The second kappa shape index (κ2) is 6.41. The van der Waals surface area contributed by atoms with Gasteiger partial charge in [0.2, 0.25) is 5.91 Å². The second-order valence-corrected chi connectivity index (χ2v) is 5.05. The van der Waals surface area contributed by atoms with E-state index in [0.29, 0.717) is 12.8 Å². The molecule has 0 atom stereocenters. The monoisotopic (exact) mass is 259 g/mol. The van der Waals surface area contributed by atoms with Gasteiger partial charge < -0.3 is 10.5 Å². The van der Waals surface area contributed by atoms with Gasteiger partial charge in [-0.2, -0.15) is 0 Å². The summed E-state index contributed by atoms with van der Waals surface area (Å²) in [6, 6.07) is 6.07. The maximum Gasteiger partial charge on any atom is 0.217 e. The van der Waals surface area contributed by atoms with Crippen molar-refractivity contribution in [2.24, 2.45) is 5.73 Å². The topological polar surface area (TPSA) is 52.3 Å². The van der Waals surface area contributed by atoms with Crippen LogP contribution < -0.4 is 10.5 Å². The van der Waals surface area contributed by atoms with Crippen LogP contribution in [0.2, 0.25) is 0 Å². The van der Waals surface area contributed by atoms with E-state index >= 15 is 0 Å². The van der Waals surface area contributed by atoms with Gasteiger partial charge in [0.05, 0.1) is 7.11 Å². The molecule has 1 saturated carbocycles. The first-order valence-electron chi connectivity index (χ1n) is 6.83. The number of hydrogen-bond acceptors (Lipinski definition) is 2. The molecule has 3 nitrogen and oxygen atoms in total. The zero-order valence-electron chi connectivity index (χ0n) is 11.4. The molecule has 1 fully saturated rings. The lowest BCUT2D eigenvalue weighted by molar-refractivity contribution is -0.117. The van der Waals surface area contributed by atoms with E-state index in [2.05, 4.69) is 12.1 Å². The van der Waals surface area contributed by atoms with E-state index in [1.807, 2.05) is 12.1 Å². The summed E-state index contributed by atoms with van der Waals surface area (Å²) in [6.45, 7) is 0. The molecule has 0 aromatic heterocycles. The number of rotatable bonds is 5. The molecule has 0 spiro atoms. The van der Waals surface area contributed by atoms with Crippen molar-refractivity contribution in [2.75, 3.05) is 7.11 Å². The summed E-state index contributed by atoms with van der Waals surface area (Å²) < 4.78 is 5.40. The van der Waals surface area contributed by atoms with Gasteiger partial charge in [-0.15, -0.1) is 0 Å². The molecule has 0 unspecified atom stereocenters. The van der Waals surface area contributed by atoms with E-state index in [0.717, 1.165) is 16.9 Å². The number of ether oxygens (including phenoxy) is 1. The highest BCUT2D eigenvalue weighted by Crippen LogP contribution is 2.29. The van der Waals surface area contributed by atoms with E-state index < -0.39 is 0 Å². The first-order valence-corrected chi connectivity index (χ1v) is 6.83. The maximum atomic E-state index is 10.8. The standard InChI is InChI=1S/C16H21NO2/c1-19-15-8-6-13(7-9-16(17)18)11-14(15)10-12-4-2-3-5-12/h6,8,10-11H,2-5,7,9H2,1H3,(H2,17,18). The van der Waals surface area contributed by atoms with E-state index in [1.54, 1.807) is 7.11 Å². The predicted octanol–water partition coefficient (Wildman–Crippen LogP) is 3.07. The molecular formula is C16H21NO2. The average molecular weight is 259 g/mol. The third-order valence-corrected chi connectivity index (χ3v) is 3.56. The molecule has 1 aromatic rings. The zero-order valence-corrected chi connectivity index (χ0v) is 11.4. The van der Waals surface area contributed by atoms with Crippen molar-refractivity contribution in [3.8, 4) is 5.75 Å². The molecule has 1 aromatic carbocycles. The molecule has 0 bridgehead atoms. The molecule has 2 rings (SSSR count). The third-order valence-electron chi connectivity index (χ3n) is 3.56. The number of methoxy groups -OCH3 is 1. The maximum absolute atomic E-state index is 10.8. The molecule has 1 aliphatic carbocycles. The van der Waals surface area contributed by atoms with Crippen LogP contribution in [-0.4, -0.2) is 13.0 Å². The summed E-state index contributed by atoms with van der Waals surface area (Å²) in [5, 5.41) is 0. The molecular weight excluding hydrogens is 238 g/mol. The van der Waals surface area contributed by atoms with Crippen molar-refractivity contribution in [1.29, 1.82) is 0 Å². The largest absolute Gasteiger partial charge is 0.496 e. The Morgan fingerprint density at radius 2 is 2.11 bits per heavy atom. The van der Waals surface area contributed by atoms with Crippen molar-refractivity contribution in [1.82, 2.24) is 0 Å². The van der Waals surface area contributed by atoms with E-state index in [-0.39, 0.29) is 5.91 Å². The Morgan fingerprint density at radius 1 is 1.37 bits per heavy atom. The van der Waals surface area contributed by atoms with Gasteiger partial charge in [0.15, 0.2) is 0 Å². The van der Waals surface area contributed by atoms with Crippen molar-refractivity contribution in [3.63, 3.8) is 0 Å². The fourth-order valence-electron chi connectivity index (χ4n) is 2.51. The van der Waals surface area contributed by atoms with Gasteiger partial charge in [-0.05, 0) is 49.8 Å². The number of amides is 1. The summed E-state index contributed by atoms with van der Waals surface area (Å²) >= 11 is 0. The first-order chi connectivity index (χ1) is 9.19. The summed E-state index contributed by atoms with van der Waals surface area (Å²) in [7, 11) is 1.69. The van der Waals surface area contributed by atoms with E-state index in [4.69, 9.17) is 10.5 Å². The molecule has 0 saturated heterocycles. The Balaban J connectivity index is 2.20. The SMILES string of the molecule is COc1ccc(CCC(N)=O)cc1C=C1CCCC1. The van der Waals surface area contributed by atoms with Crippen LogP contribution in [0.1, 0.15) is 43.2 Å². The second-order valence-electron chi connectivity index (χ2n) is 5.05. The number of carbonyl (C=O) groups is 1. The van der Waals surface area contributed by atoms with Gasteiger partial charge in [-0.25, -0.2) is 0 Å². The number of primary amides is 1. The van der Waals surface area contributed by atoms with Gasteiger partial charge in [-0.3, -0.25) is 4.79 Å². The normalized spacial score (nSPS) is 14.5. The predicted molar refractivity (Wildman–Crippen MR) is 77.0 cm³/mol. The minimum absolute atomic E-state index is 0.258. The molecule has 102 valence electrons. The third kappa shape index (κ3) is 3.85. The van der Waals surface area contributed by atoms with Crippen LogP contribution in [0.25, 0.3) is 6.08 Å². The molecule has 2 N–H and O–H groups in total. The van der Waals surface area contributed by atoms with Gasteiger partial charge in [0.25, 0.3) is 0 Å². The lowest BCUT2D eigenvalue weighted by Gasteiger charge is -2.08. The Kier molecular flexibility index (Phi) is 4.61. The number of carbonyl (C=O) groups excluding carboxylic acids is 1. The van der Waals surface area contributed by atoms with Crippen LogP contribution in [0.15, 0.2) is 23.8 Å². The van der Waals surface area contributed by atoms with Crippen molar-refractivity contribution in [3.05, 3.63) is 34.9 Å². The van der Waals surface area contributed by atoms with Crippen molar-refractivity contribution < 1.29 is 9.53 Å². The van der Waals surface area contributed by atoms with Crippen LogP contribution in [0.5, 0.6) is 5.75 Å². The average Bonchev–Trinajstić information content (AvgIpc) is 2.89. The summed E-state index contributed by atoms with van der Waals surface area (Å²) in [6.07, 6.45) is 8.27. The van der Waals surface area contributed by atoms with Crippen LogP contribution in [0, 0.1) is 0 Å². The number of nitrogens with two attached hydrogens (primary N) is 1. The van der Waals surface area contributed by atoms with Crippen LogP contribution in [0.3, 0.4) is 0 Å². The highest BCUT2D eigenvalue weighted by Gasteiger charge is 2.09. The molecule has 3 heteroatoms. The lowest BCUT2D eigenvalue weighted by Crippen LogP contribution is -2.11. The molecule has 1 amide bonds. The van der Waals surface area contributed by atoms with E-state index in [1.165, 1.54) is 31.3 Å². The smallest absolute Gasteiger partial charge is 0.217 e. The number of aryl methyl sites for hydroxylation is 1. The number of benzene rings is 1. The van der Waals surface area contributed by atoms with Gasteiger partial charge in [0, 0.05) is 12.0 Å². The van der Waals surface area contributed by atoms with Crippen LogP contribution in [-0.2, 0) is 11.2 Å². The molecule has 0 aliphatic heterocycles. The summed E-state index contributed by atoms with van der Waals surface area (Å²) in [5.41, 5.74) is 8.92. The molecule has 0 heterocycles. The Labute approximate surface area is 114 Å².